The van der Waals surface area contributed by atoms with E-state index in [0.717, 1.165) is 11.1 Å². The Labute approximate surface area is 124 Å². The van der Waals surface area contributed by atoms with E-state index in [4.69, 9.17) is 4.84 Å². The minimum absolute atomic E-state index is 0.160. The number of benzene rings is 2. The largest absolute Gasteiger partial charge is 0.391 e. The molecule has 2 aromatic rings. The standard InChI is InChI=1S/C18H17NO2/c1-15(19-21-14-17-10-6-3-7-11-17)18(20)13-12-16-8-4-2-5-9-16/h2-13H,14H2,1H3/b13-12+,19-15+. The van der Waals surface area contributed by atoms with Gasteiger partial charge in [0.2, 0.25) is 5.78 Å². The Kier molecular flexibility index (Phi) is 5.47. The smallest absolute Gasteiger partial charge is 0.203 e. The third-order valence-electron chi connectivity index (χ3n) is 2.86. The van der Waals surface area contributed by atoms with Gasteiger partial charge in [0.25, 0.3) is 0 Å². The lowest BCUT2D eigenvalue weighted by atomic mass is 10.2. The van der Waals surface area contributed by atoms with Gasteiger partial charge in [-0.2, -0.15) is 0 Å². The zero-order chi connectivity index (χ0) is 14.9. The van der Waals surface area contributed by atoms with Crippen LogP contribution in [-0.4, -0.2) is 11.5 Å². The summed E-state index contributed by atoms with van der Waals surface area (Å²) in [5.41, 5.74) is 2.32. The number of allylic oxidation sites excluding steroid dienone is 1. The van der Waals surface area contributed by atoms with Crippen LogP contribution in [0.4, 0.5) is 0 Å². The van der Waals surface area contributed by atoms with Crippen molar-refractivity contribution in [2.45, 2.75) is 13.5 Å². The molecular formula is C18H17NO2. The summed E-state index contributed by atoms with van der Waals surface area (Å²) in [4.78, 5) is 17.0. The second kappa shape index (κ2) is 7.80. The Hall–Kier alpha value is -2.68. The number of carbonyl (C=O) groups excluding carboxylic acids is 1. The summed E-state index contributed by atoms with van der Waals surface area (Å²) in [6.45, 7) is 2.00. The van der Waals surface area contributed by atoms with Crippen molar-refractivity contribution in [3.8, 4) is 0 Å². The van der Waals surface area contributed by atoms with E-state index in [1.807, 2.05) is 60.7 Å². The quantitative estimate of drug-likeness (QED) is 0.457. The number of hydrogen-bond acceptors (Lipinski definition) is 3. The highest BCUT2D eigenvalue weighted by Crippen LogP contribution is 2.03. The lowest BCUT2D eigenvalue weighted by Gasteiger charge is -2.00. The molecule has 0 bridgehead atoms. The number of rotatable bonds is 6. The minimum atomic E-state index is -0.160. The van der Waals surface area contributed by atoms with E-state index in [1.165, 1.54) is 6.08 Å². The molecule has 0 saturated carbocycles. The van der Waals surface area contributed by atoms with Gasteiger partial charge in [-0.3, -0.25) is 4.79 Å². The molecule has 106 valence electrons. The number of oxime groups is 1. The summed E-state index contributed by atoms with van der Waals surface area (Å²) < 4.78 is 0. The van der Waals surface area contributed by atoms with Crippen LogP contribution in [0.15, 0.2) is 71.9 Å². The van der Waals surface area contributed by atoms with Crippen LogP contribution in [-0.2, 0) is 16.2 Å². The summed E-state index contributed by atoms with van der Waals surface area (Å²) in [5.74, 6) is -0.160. The van der Waals surface area contributed by atoms with Gasteiger partial charge in [-0.25, -0.2) is 0 Å². The fourth-order valence-corrected chi connectivity index (χ4v) is 1.68. The van der Waals surface area contributed by atoms with Crippen LogP contribution in [0.2, 0.25) is 0 Å². The fourth-order valence-electron chi connectivity index (χ4n) is 1.68. The number of carbonyl (C=O) groups is 1. The minimum Gasteiger partial charge on any atom is -0.391 e. The van der Waals surface area contributed by atoms with E-state index in [2.05, 4.69) is 5.16 Å². The zero-order valence-corrected chi connectivity index (χ0v) is 11.9. The Morgan fingerprint density at radius 2 is 1.67 bits per heavy atom. The highest BCUT2D eigenvalue weighted by atomic mass is 16.6. The summed E-state index contributed by atoms with van der Waals surface area (Å²) >= 11 is 0. The van der Waals surface area contributed by atoms with Crippen molar-refractivity contribution in [1.29, 1.82) is 0 Å². The second-order valence-electron chi connectivity index (χ2n) is 4.54. The monoisotopic (exact) mass is 279 g/mol. The molecule has 0 aromatic heterocycles. The molecule has 0 unspecified atom stereocenters. The third-order valence-corrected chi connectivity index (χ3v) is 2.86. The molecule has 0 heterocycles. The molecule has 0 saturated heterocycles. The summed E-state index contributed by atoms with van der Waals surface area (Å²) in [6, 6.07) is 19.3. The molecule has 0 radical (unpaired) electrons. The molecule has 3 nitrogen and oxygen atoms in total. The van der Waals surface area contributed by atoms with Crippen LogP contribution in [0.5, 0.6) is 0 Å². The first-order chi connectivity index (χ1) is 10.3. The first-order valence-electron chi connectivity index (χ1n) is 6.73. The highest BCUT2D eigenvalue weighted by Gasteiger charge is 2.02. The van der Waals surface area contributed by atoms with Gasteiger partial charge in [-0.15, -0.1) is 0 Å². The van der Waals surface area contributed by atoms with Gasteiger partial charge in [0, 0.05) is 0 Å². The molecule has 0 aliphatic carbocycles. The van der Waals surface area contributed by atoms with Crippen molar-refractivity contribution >= 4 is 17.6 Å². The average Bonchev–Trinajstić information content (AvgIpc) is 2.54. The highest BCUT2D eigenvalue weighted by molar-refractivity contribution is 6.43. The lowest BCUT2D eigenvalue weighted by Crippen LogP contribution is -2.07. The Morgan fingerprint density at radius 1 is 1.05 bits per heavy atom. The van der Waals surface area contributed by atoms with E-state index < -0.39 is 0 Å². The molecule has 0 N–H and O–H groups in total. The van der Waals surface area contributed by atoms with Gasteiger partial charge in [0.15, 0.2) is 0 Å². The van der Waals surface area contributed by atoms with Crippen LogP contribution < -0.4 is 0 Å². The van der Waals surface area contributed by atoms with Gasteiger partial charge in [-0.1, -0.05) is 71.9 Å². The molecule has 21 heavy (non-hydrogen) atoms. The predicted octanol–water partition coefficient (Wildman–Crippen LogP) is 3.86. The summed E-state index contributed by atoms with van der Waals surface area (Å²) in [7, 11) is 0. The Balaban J connectivity index is 1.87. The van der Waals surface area contributed by atoms with Gasteiger partial charge in [0.1, 0.15) is 12.3 Å². The third kappa shape index (κ3) is 5.07. The van der Waals surface area contributed by atoms with Gasteiger partial charge in [0.05, 0.1) is 0 Å². The van der Waals surface area contributed by atoms with Crippen LogP contribution >= 0.6 is 0 Å². The first kappa shape index (κ1) is 14.7. The van der Waals surface area contributed by atoms with Gasteiger partial charge < -0.3 is 4.84 Å². The summed E-state index contributed by atoms with van der Waals surface area (Å²) in [5, 5.41) is 3.85. The molecule has 0 aliphatic rings. The maximum Gasteiger partial charge on any atom is 0.203 e. The molecule has 2 rings (SSSR count). The van der Waals surface area contributed by atoms with Crippen molar-refractivity contribution in [3.63, 3.8) is 0 Å². The average molecular weight is 279 g/mol. The van der Waals surface area contributed by atoms with Crippen LogP contribution in [0, 0.1) is 0 Å². The molecule has 0 atom stereocenters. The van der Waals surface area contributed by atoms with E-state index in [-0.39, 0.29) is 5.78 Å². The molecule has 3 heteroatoms. The normalized spacial score (nSPS) is 11.6. The van der Waals surface area contributed by atoms with Crippen LogP contribution in [0.25, 0.3) is 6.08 Å². The predicted molar refractivity (Wildman–Crippen MR) is 84.8 cm³/mol. The molecule has 2 aromatic carbocycles. The zero-order valence-electron chi connectivity index (χ0n) is 11.9. The molecule has 0 spiro atoms. The Bertz CT molecular complexity index is 631. The van der Waals surface area contributed by atoms with Gasteiger partial charge in [-0.05, 0) is 24.1 Å². The number of hydrogen-bond donors (Lipinski definition) is 0. The number of nitrogens with zero attached hydrogens (tertiary/aromatic N) is 1. The van der Waals surface area contributed by atoms with Crippen molar-refractivity contribution in [2.75, 3.05) is 0 Å². The second-order valence-corrected chi connectivity index (χ2v) is 4.54. The van der Waals surface area contributed by atoms with Crippen LogP contribution in [0.3, 0.4) is 0 Å². The van der Waals surface area contributed by atoms with E-state index in [0.29, 0.717) is 12.3 Å². The topological polar surface area (TPSA) is 38.7 Å². The summed E-state index contributed by atoms with van der Waals surface area (Å²) in [6.07, 6.45) is 3.26. The van der Waals surface area contributed by atoms with Crippen molar-refractivity contribution in [3.05, 3.63) is 77.9 Å². The van der Waals surface area contributed by atoms with Crippen molar-refractivity contribution in [1.82, 2.24) is 0 Å². The maximum atomic E-state index is 11.9. The van der Waals surface area contributed by atoms with Crippen molar-refractivity contribution < 1.29 is 9.63 Å². The molecule has 0 amide bonds. The Morgan fingerprint density at radius 3 is 2.33 bits per heavy atom. The number of ketones is 1. The van der Waals surface area contributed by atoms with E-state index >= 15 is 0 Å². The molecule has 0 fully saturated rings. The van der Waals surface area contributed by atoms with Crippen molar-refractivity contribution in [2.24, 2.45) is 5.16 Å². The molecule has 0 aliphatic heterocycles. The maximum absolute atomic E-state index is 11.9. The van der Waals surface area contributed by atoms with Gasteiger partial charge >= 0.3 is 0 Å². The van der Waals surface area contributed by atoms with Crippen LogP contribution in [0.1, 0.15) is 18.1 Å². The van der Waals surface area contributed by atoms with E-state index in [9.17, 15) is 4.79 Å². The fraction of sp³-hybridized carbons (Fsp3) is 0.111. The lowest BCUT2D eigenvalue weighted by molar-refractivity contribution is -0.109. The van der Waals surface area contributed by atoms with E-state index in [1.54, 1.807) is 13.0 Å². The molecular weight excluding hydrogens is 262 g/mol. The SMILES string of the molecule is C/C(=N\OCc1ccccc1)C(=O)/C=C/c1ccccc1. The first-order valence-corrected chi connectivity index (χ1v) is 6.73.